The van der Waals surface area contributed by atoms with E-state index < -0.39 is 17.5 Å². The molecule has 1 aromatic heterocycles. The SMILES string of the molecule is CC(C)(C)OC(=O)Nc1ccc(-c2csc(N)n2)c(F)c1. The van der Waals surface area contributed by atoms with E-state index in [0.29, 0.717) is 22.1 Å². The van der Waals surface area contributed by atoms with Gasteiger partial charge in [0.1, 0.15) is 11.4 Å². The molecule has 2 rings (SSSR count). The third kappa shape index (κ3) is 4.16. The number of hydrogen-bond acceptors (Lipinski definition) is 5. The summed E-state index contributed by atoms with van der Waals surface area (Å²) in [4.78, 5) is 15.6. The summed E-state index contributed by atoms with van der Waals surface area (Å²) < 4.78 is 19.2. The molecule has 0 spiro atoms. The summed E-state index contributed by atoms with van der Waals surface area (Å²) in [5, 5.41) is 4.53. The van der Waals surface area contributed by atoms with Crippen LogP contribution in [0.4, 0.5) is 20.0 Å². The van der Waals surface area contributed by atoms with Crippen LogP contribution in [-0.4, -0.2) is 16.7 Å². The van der Waals surface area contributed by atoms with Crippen molar-refractivity contribution in [3.63, 3.8) is 0 Å². The van der Waals surface area contributed by atoms with Gasteiger partial charge < -0.3 is 10.5 Å². The second-order valence-corrected chi connectivity index (χ2v) is 6.28. The van der Waals surface area contributed by atoms with Gasteiger partial charge in [0.05, 0.1) is 5.69 Å². The van der Waals surface area contributed by atoms with E-state index in [0.717, 1.165) is 0 Å². The minimum atomic E-state index is -0.632. The fourth-order valence-electron chi connectivity index (χ4n) is 1.63. The second-order valence-electron chi connectivity index (χ2n) is 5.39. The quantitative estimate of drug-likeness (QED) is 0.882. The first kappa shape index (κ1) is 15.2. The van der Waals surface area contributed by atoms with Crippen LogP contribution < -0.4 is 11.1 Å². The van der Waals surface area contributed by atoms with Gasteiger partial charge in [0.15, 0.2) is 5.13 Å². The molecule has 0 bridgehead atoms. The number of halogens is 1. The van der Waals surface area contributed by atoms with Crippen molar-refractivity contribution < 1.29 is 13.9 Å². The van der Waals surface area contributed by atoms with Gasteiger partial charge in [0.25, 0.3) is 0 Å². The Labute approximate surface area is 126 Å². The third-order valence-electron chi connectivity index (χ3n) is 2.41. The molecule has 3 N–H and O–H groups in total. The fourth-order valence-corrected chi connectivity index (χ4v) is 2.20. The highest BCUT2D eigenvalue weighted by Crippen LogP contribution is 2.27. The molecule has 0 fully saturated rings. The van der Waals surface area contributed by atoms with Crippen LogP contribution in [0.25, 0.3) is 11.3 Å². The number of nitrogen functional groups attached to an aromatic ring is 1. The summed E-state index contributed by atoms with van der Waals surface area (Å²) in [5.74, 6) is -0.492. The predicted octanol–water partition coefficient (Wildman–Crippen LogP) is 3.88. The molecule has 0 unspecified atom stereocenters. The van der Waals surface area contributed by atoms with Gasteiger partial charge in [-0.2, -0.15) is 0 Å². The van der Waals surface area contributed by atoms with Crippen LogP contribution in [0.5, 0.6) is 0 Å². The van der Waals surface area contributed by atoms with Gasteiger partial charge in [-0.25, -0.2) is 14.2 Å². The largest absolute Gasteiger partial charge is 0.444 e. The summed E-state index contributed by atoms with van der Waals surface area (Å²) in [6, 6.07) is 4.34. The van der Waals surface area contributed by atoms with E-state index in [9.17, 15) is 9.18 Å². The molecule has 0 saturated heterocycles. The molecule has 2 aromatic rings. The molecule has 0 aliphatic carbocycles. The Morgan fingerprint density at radius 1 is 1.43 bits per heavy atom. The van der Waals surface area contributed by atoms with Crippen molar-refractivity contribution in [2.24, 2.45) is 0 Å². The number of amides is 1. The number of carbonyl (C=O) groups excluding carboxylic acids is 1. The van der Waals surface area contributed by atoms with Crippen molar-refractivity contribution >= 4 is 28.2 Å². The highest BCUT2D eigenvalue weighted by molar-refractivity contribution is 7.13. The summed E-state index contributed by atoms with van der Waals surface area (Å²) >= 11 is 1.24. The highest BCUT2D eigenvalue weighted by atomic mass is 32.1. The Hall–Kier alpha value is -2.15. The molecule has 1 aromatic carbocycles. The molecule has 7 heteroatoms. The van der Waals surface area contributed by atoms with Gasteiger partial charge >= 0.3 is 6.09 Å². The number of ether oxygens (including phenoxy) is 1. The number of hydrogen-bond donors (Lipinski definition) is 2. The van der Waals surface area contributed by atoms with Crippen molar-refractivity contribution in [3.05, 3.63) is 29.4 Å². The summed E-state index contributed by atoms with van der Waals surface area (Å²) in [7, 11) is 0. The number of benzene rings is 1. The second kappa shape index (κ2) is 5.69. The third-order valence-corrected chi connectivity index (χ3v) is 3.09. The smallest absolute Gasteiger partial charge is 0.412 e. The first-order chi connectivity index (χ1) is 9.74. The molecule has 0 saturated carbocycles. The van der Waals surface area contributed by atoms with Crippen molar-refractivity contribution in [2.45, 2.75) is 26.4 Å². The fraction of sp³-hybridized carbons (Fsp3) is 0.286. The van der Waals surface area contributed by atoms with E-state index in [1.54, 1.807) is 32.2 Å². The van der Waals surface area contributed by atoms with E-state index in [4.69, 9.17) is 10.5 Å². The Balaban J connectivity index is 2.14. The molecule has 0 radical (unpaired) electrons. The number of nitrogens with two attached hydrogens (primary N) is 1. The van der Waals surface area contributed by atoms with Crippen LogP contribution in [-0.2, 0) is 4.74 Å². The number of nitrogens with one attached hydrogen (secondary N) is 1. The molecule has 1 amide bonds. The van der Waals surface area contributed by atoms with Crippen LogP contribution in [0.2, 0.25) is 0 Å². The van der Waals surface area contributed by atoms with Gasteiger partial charge in [-0.05, 0) is 39.0 Å². The molecule has 0 aliphatic rings. The van der Waals surface area contributed by atoms with Crippen molar-refractivity contribution in [2.75, 3.05) is 11.1 Å². The standard InChI is InChI=1S/C14H16FN3O2S/c1-14(2,3)20-13(19)17-8-4-5-9(10(15)6-8)11-7-21-12(16)18-11/h4-7H,1-3H3,(H2,16,18)(H,17,19). The number of rotatable bonds is 2. The molecule has 21 heavy (non-hydrogen) atoms. The lowest BCUT2D eigenvalue weighted by atomic mass is 10.1. The van der Waals surface area contributed by atoms with Crippen LogP contribution in [0.15, 0.2) is 23.6 Å². The number of thiazole rings is 1. The Morgan fingerprint density at radius 3 is 2.67 bits per heavy atom. The van der Waals surface area contributed by atoms with E-state index in [2.05, 4.69) is 10.3 Å². The molecule has 5 nitrogen and oxygen atoms in total. The molecule has 0 atom stereocenters. The van der Waals surface area contributed by atoms with Crippen molar-refractivity contribution in [1.82, 2.24) is 4.98 Å². The van der Waals surface area contributed by atoms with Crippen LogP contribution in [0, 0.1) is 5.82 Å². The summed E-state index contributed by atoms with van der Waals surface area (Å²) in [5.41, 5.74) is 6.04. The zero-order chi connectivity index (χ0) is 15.6. The average Bonchev–Trinajstić information content (AvgIpc) is 2.73. The maximum Gasteiger partial charge on any atom is 0.412 e. The summed E-state index contributed by atoms with van der Waals surface area (Å²) in [6.07, 6.45) is -0.632. The van der Waals surface area contributed by atoms with Crippen molar-refractivity contribution in [3.8, 4) is 11.3 Å². The lowest BCUT2D eigenvalue weighted by molar-refractivity contribution is 0.0636. The Morgan fingerprint density at radius 2 is 2.14 bits per heavy atom. The van der Waals surface area contributed by atoms with E-state index in [1.165, 1.54) is 23.5 Å². The van der Waals surface area contributed by atoms with Gasteiger partial charge in [-0.3, -0.25) is 5.32 Å². The van der Waals surface area contributed by atoms with E-state index in [1.807, 2.05) is 0 Å². The maximum atomic E-state index is 14.1. The number of carbonyl (C=O) groups is 1. The van der Waals surface area contributed by atoms with Gasteiger partial charge in [0, 0.05) is 16.6 Å². The maximum absolute atomic E-state index is 14.1. The Kier molecular flexibility index (Phi) is 4.13. The average molecular weight is 309 g/mol. The van der Waals surface area contributed by atoms with Gasteiger partial charge in [-0.1, -0.05) is 0 Å². The molecule has 1 heterocycles. The van der Waals surface area contributed by atoms with Gasteiger partial charge in [0.2, 0.25) is 0 Å². The first-order valence-electron chi connectivity index (χ1n) is 6.25. The minimum Gasteiger partial charge on any atom is -0.444 e. The monoisotopic (exact) mass is 309 g/mol. The molecule has 0 aliphatic heterocycles. The topological polar surface area (TPSA) is 77.2 Å². The normalized spacial score (nSPS) is 11.2. The summed E-state index contributed by atoms with van der Waals surface area (Å²) in [6.45, 7) is 5.26. The first-order valence-corrected chi connectivity index (χ1v) is 7.13. The molecular weight excluding hydrogens is 293 g/mol. The lowest BCUT2D eigenvalue weighted by Crippen LogP contribution is -2.27. The lowest BCUT2D eigenvalue weighted by Gasteiger charge is -2.19. The van der Waals surface area contributed by atoms with Crippen LogP contribution in [0.3, 0.4) is 0 Å². The number of nitrogens with zero attached hydrogens (tertiary/aromatic N) is 1. The Bertz CT molecular complexity index is 664. The number of anilines is 2. The highest BCUT2D eigenvalue weighted by Gasteiger charge is 2.17. The van der Waals surface area contributed by atoms with Crippen molar-refractivity contribution in [1.29, 1.82) is 0 Å². The van der Waals surface area contributed by atoms with E-state index in [-0.39, 0.29) is 0 Å². The molecular formula is C14H16FN3O2S. The van der Waals surface area contributed by atoms with Gasteiger partial charge in [-0.15, -0.1) is 11.3 Å². The zero-order valence-electron chi connectivity index (χ0n) is 11.9. The number of aromatic nitrogens is 1. The predicted molar refractivity (Wildman–Crippen MR) is 81.8 cm³/mol. The van der Waals surface area contributed by atoms with Crippen LogP contribution in [0.1, 0.15) is 20.8 Å². The molecule has 112 valence electrons. The van der Waals surface area contributed by atoms with E-state index >= 15 is 0 Å². The minimum absolute atomic E-state index is 0.314. The van der Waals surface area contributed by atoms with Crippen LogP contribution >= 0.6 is 11.3 Å². The zero-order valence-corrected chi connectivity index (χ0v) is 12.8.